The predicted octanol–water partition coefficient (Wildman–Crippen LogP) is 1.57. The zero-order valence-electron chi connectivity index (χ0n) is 8.11. The Balaban J connectivity index is 2.05. The standard InChI is InChI=1S/C10H10ClN3O/c11-9-7-4-8(15)14(6-2-1-3-6)10(7)13-5-12-9/h5-6H,1-4H2. The number of carbonyl (C=O) groups excluding carboxylic acids is 1. The van der Waals surface area contributed by atoms with Gasteiger partial charge in [-0.05, 0) is 19.3 Å². The van der Waals surface area contributed by atoms with Gasteiger partial charge in [-0.25, -0.2) is 9.97 Å². The molecule has 0 bridgehead atoms. The van der Waals surface area contributed by atoms with Gasteiger partial charge in [0.1, 0.15) is 17.3 Å². The SMILES string of the molecule is O=C1Cc2c(Cl)ncnc2N1C1CCC1. The maximum atomic E-state index is 11.8. The van der Waals surface area contributed by atoms with Crippen LogP contribution >= 0.6 is 11.6 Å². The maximum Gasteiger partial charge on any atom is 0.233 e. The summed E-state index contributed by atoms with van der Waals surface area (Å²) >= 11 is 5.94. The summed E-state index contributed by atoms with van der Waals surface area (Å²) in [7, 11) is 0. The number of carbonyl (C=O) groups is 1. The fraction of sp³-hybridized carbons (Fsp3) is 0.500. The Kier molecular flexibility index (Phi) is 1.92. The van der Waals surface area contributed by atoms with E-state index in [0.29, 0.717) is 17.6 Å². The summed E-state index contributed by atoms with van der Waals surface area (Å²) in [6, 6.07) is 0.338. The number of aromatic nitrogens is 2. The highest BCUT2D eigenvalue weighted by Crippen LogP contribution is 2.37. The van der Waals surface area contributed by atoms with Crippen LogP contribution < -0.4 is 4.90 Å². The minimum Gasteiger partial charge on any atom is -0.293 e. The van der Waals surface area contributed by atoms with E-state index >= 15 is 0 Å². The van der Waals surface area contributed by atoms with Gasteiger partial charge in [0.2, 0.25) is 5.91 Å². The molecular weight excluding hydrogens is 214 g/mol. The molecule has 3 rings (SSSR count). The van der Waals surface area contributed by atoms with E-state index in [0.717, 1.165) is 24.2 Å². The number of nitrogens with zero attached hydrogens (tertiary/aromatic N) is 3. The summed E-state index contributed by atoms with van der Waals surface area (Å²) in [5, 5.41) is 0.412. The highest BCUT2D eigenvalue weighted by atomic mass is 35.5. The first-order valence-corrected chi connectivity index (χ1v) is 5.46. The number of anilines is 1. The van der Waals surface area contributed by atoms with Crippen LogP contribution in [-0.4, -0.2) is 21.9 Å². The Labute approximate surface area is 92.3 Å². The highest BCUT2D eigenvalue weighted by Gasteiger charge is 2.38. The minimum absolute atomic E-state index is 0.108. The molecule has 0 spiro atoms. The second kappa shape index (κ2) is 3.17. The van der Waals surface area contributed by atoms with Crippen molar-refractivity contribution in [2.24, 2.45) is 0 Å². The van der Waals surface area contributed by atoms with E-state index in [1.54, 1.807) is 4.90 Å². The number of rotatable bonds is 1. The molecule has 15 heavy (non-hydrogen) atoms. The minimum atomic E-state index is 0.108. The van der Waals surface area contributed by atoms with E-state index < -0.39 is 0 Å². The lowest BCUT2D eigenvalue weighted by molar-refractivity contribution is -0.118. The van der Waals surface area contributed by atoms with Gasteiger partial charge in [0.15, 0.2) is 0 Å². The molecule has 2 heterocycles. The van der Waals surface area contributed by atoms with Gasteiger partial charge in [0.05, 0.1) is 6.42 Å². The number of halogens is 1. The third-order valence-corrected chi connectivity index (χ3v) is 3.46. The topological polar surface area (TPSA) is 46.1 Å². The van der Waals surface area contributed by atoms with E-state index in [2.05, 4.69) is 9.97 Å². The Morgan fingerprint density at radius 1 is 1.40 bits per heavy atom. The van der Waals surface area contributed by atoms with Crippen LogP contribution in [0.5, 0.6) is 0 Å². The van der Waals surface area contributed by atoms with E-state index in [9.17, 15) is 4.79 Å². The molecule has 0 aromatic carbocycles. The van der Waals surface area contributed by atoms with Gasteiger partial charge in [-0.1, -0.05) is 11.6 Å². The van der Waals surface area contributed by atoms with Crippen LogP contribution in [0.4, 0.5) is 5.82 Å². The molecule has 0 atom stereocenters. The fourth-order valence-corrected chi connectivity index (χ4v) is 2.31. The van der Waals surface area contributed by atoms with E-state index in [4.69, 9.17) is 11.6 Å². The zero-order chi connectivity index (χ0) is 10.4. The van der Waals surface area contributed by atoms with Crippen molar-refractivity contribution in [1.29, 1.82) is 0 Å². The van der Waals surface area contributed by atoms with Crippen molar-refractivity contribution in [1.82, 2.24) is 9.97 Å². The highest BCUT2D eigenvalue weighted by molar-refractivity contribution is 6.31. The smallest absolute Gasteiger partial charge is 0.233 e. The van der Waals surface area contributed by atoms with E-state index in [1.807, 2.05) is 0 Å². The normalized spacial score (nSPS) is 20.3. The molecule has 0 saturated heterocycles. The van der Waals surface area contributed by atoms with Crippen LogP contribution in [0.25, 0.3) is 0 Å². The Morgan fingerprint density at radius 3 is 2.87 bits per heavy atom. The van der Waals surface area contributed by atoms with Gasteiger partial charge < -0.3 is 0 Å². The van der Waals surface area contributed by atoms with Crippen molar-refractivity contribution in [2.75, 3.05) is 4.90 Å². The monoisotopic (exact) mass is 223 g/mol. The molecule has 2 aliphatic rings. The van der Waals surface area contributed by atoms with Gasteiger partial charge in [-0.15, -0.1) is 0 Å². The molecule has 0 unspecified atom stereocenters. The predicted molar refractivity (Wildman–Crippen MR) is 55.9 cm³/mol. The molecule has 0 N–H and O–H groups in total. The first-order valence-electron chi connectivity index (χ1n) is 5.09. The summed E-state index contributed by atoms with van der Waals surface area (Å²) in [5.41, 5.74) is 0.788. The van der Waals surface area contributed by atoms with Crippen LogP contribution in [-0.2, 0) is 11.2 Å². The molecule has 1 aliphatic heterocycles. The van der Waals surface area contributed by atoms with Gasteiger partial charge in [-0.2, -0.15) is 0 Å². The zero-order valence-corrected chi connectivity index (χ0v) is 8.87. The molecule has 5 heteroatoms. The first kappa shape index (κ1) is 9.09. The number of fused-ring (bicyclic) bond motifs is 1. The van der Waals surface area contributed by atoms with Crippen molar-refractivity contribution in [3.8, 4) is 0 Å². The Hall–Kier alpha value is -1.16. The Bertz CT molecular complexity index is 431. The van der Waals surface area contributed by atoms with Crippen molar-refractivity contribution >= 4 is 23.3 Å². The number of hydrogen-bond acceptors (Lipinski definition) is 3. The van der Waals surface area contributed by atoms with Crippen LogP contribution in [0.15, 0.2) is 6.33 Å². The number of amides is 1. The number of hydrogen-bond donors (Lipinski definition) is 0. The van der Waals surface area contributed by atoms with E-state index in [1.165, 1.54) is 12.7 Å². The van der Waals surface area contributed by atoms with Crippen molar-refractivity contribution in [2.45, 2.75) is 31.7 Å². The second-order valence-corrected chi connectivity index (χ2v) is 4.35. The van der Waals surface area contributed by atoms with Crippen molar-refractivity contribution < 1.29 is 4.79 Å². The molecule has 1 aromatic rings. The molecule has 1 aromatic heterocycles. The molecule has 1 aliphatic carbocycles. The molecule has 4 nitrogen and oxygen atoms in total. The third-order valence-electron chi connectivity index (χ3n) is 3.13. The summed E-state index contributed by atoms with van der Waals surface area (Å²) in [6.07, 6.45) is 5.12. The lowest BCUT2D eigenvalue weighted by Gasteiger charge is -2.34. The molecular formula is C10H10ClN3O. The largest absolute Gasteiger partial charge is 0.293 e. The Morgan fingerprint density at radius 2 is 2.20 bits per heavy atom. The van der Waals surface area contributed by atoms with Crippen LogP contribution in [0.3, 0.4) is 0 Å². The molecule has 0 radical (unpaired) electrons. The second-order valence-electron chi connectivity index (χ2n) is 3.99. The first-order chi connectivity index (χ1) is 7.27. The van der Waals surface area contributed by atoms with Gasteiger partial charge in [0, 0.05) is 11.6 Å². The fourth-order valence-electron chi connectivity index (χ4n) is 2.12. The third kappa shape index (κ3) is 1.24. The van der Waals surface area contributed by atoms with Crippen LogP contribution in [0, 0.1) is 0 Å². The van der Waals surface area contributed by atoms with Crippen molar-refractivity contribution in [3.05, 3.63) is 17.0 Å². The quantitative estimate of drug-likeness (QED) is 0.679. The average molecular weight is 224 g/mol. The average Bonchev–Trinajstić information content (AvgIpc) is 2.44. The molecule has 1 saturated carbocycles. The maximum absolute atomic E-state index is 11.8. The summed E-state index contributed by atoms with van der Waals surface area (Å²) in [6.45, 7) is 0. The molecule has 1 fully saturated rings. The lowest BCUT2D eigenvalue weighted by atomic mass is 9.92. The van der Waals surface area contributed by atoms with E-state index in [-0.39, 0.29) is 5.91 Å². The van der Waals surface area contributed by atoms with Crippen LogP contribution in [0.2, 0.25) is 5.15 Å². The lowest BCUT2D eigenvalue weighted by Crippen LogP contribution is -2.42. The summed E-state index contributed by atoms with van der Waals surface area (Å²) in [5.74, 6) is 0.835. The van der Waals surface area contributed by atoms with Gasteiger partial charge in [0.25, 0.3) is 0 Å². The molecule has 78 valence electrons. The van der Waals surface area contributed by atoms with Crippen molar-refractivity contribution in [3.63, 3.8) is 0 Å². The van der Waals surface area contributed by atoms with Gasteiger partial charge >= 0.3 is 0 Å². The summed E-state index contributed by atoms with van der Waals surface area (Å²) < 4.78 is 0. The molecule has 1 amide bonds. The van der Waals surface area contributed by atoms with Gasteiger partial charge in [-0.3, -0.25) is 9.69 Å². The van der Waals surface area contributed by atoms with Crippen LogP contribution in [0.1, 0.15) is 24.8 Å². The summed E-state index contributed by atoms with van der Waals surface area (Å²) in [4.78, 5) is 21.7.